The molecule has 2 rings (SSSR count). The minimum absolute atomic E-state index is 0.391. The molecule has 0 amide bonds. The molecule has 1 aromatic carbocycles. The summed E-state index contributed by atoms with van der Waals surface area (Å²) in [7, 11) is 0. The number of aromatic nitrogens is 1. The van der Waals surface area contributed by atoms with Crippen molar-refractivity contribution in [2.24, 2.45) is 0 Å². The molecule has 0 fully saturated rings. The Balaban J connectivity index is 2.49. The zero-order chi connectivity index (χ0) is 12.6. The van der Waals surface area contributed by atoms with E-state index in [0.29, 0.717) is 21.1 Å². The van der Waals surface area contributed by atoms with Gasteiger partial charge < -0.3 is 5.11 Å². The van der Waals surface area contributed by atoms with E-state index < -0.39 is 17.7 Å². The molecular weight excluding hydrogens is 244 g/mol. The van der Waals surface area contributed by atoms with E-state index in [1.165, 1.54) is 23.5 Å². The Kier molecular flexibility index (Phi) is 3.22. The van der Waals surface area contributed by atoms with Crippen LogP contribution in [0, 0.1) is 18.6 Å². The van der Waals surface area contributed by atoms with Gasteiger partial charge in [0.25, 0.3) is 0 Å². The van der Waals surface area contributed by atoms with Gasteiger partial charge in [0.2, 0.25) is 0 Å². The predicted octanol–water partition coefficient (Wildman–Crippen LogP) is 3.45. The van der Waals surface area contributed by atoms with Gasteiger partial charge in [0.1, 0.15) is 16.6 Å². The van der Waals surface area contributed by atoms with Crippen LogP contribution in [0.4, 0.5) is 8.78 Å². The molecule has 17 heavy (non-hydrogen) atoms. The van der Waals surface area contributed by atoms with Crippen molar-refractivity contribution in [2.75, 3.05) is 0 Å². The van der Waals surface area contributed by atoms with Crippen LogP contribution in [0.15, 0.2) is 18.2 Å². The summed E-state index contributed by atoms with van der Waals surface area (Å²) in [6.45, 7) is 3.40. The molecule has 90 valence electrons. The van der Waals surface area contributed by atoms with Crippen molar-refractivity contribution in [3.8, 4) is 10.6 Å². The van der Waals surface area contributed by atoms with Crippen molar-refractivity contribution in [1.82, 2.24) is 4.98 Å². The zero-order valence-electron chi connectivity index (χ0n) is 9.37. The normalized spacial score (nSPS) is 12.8. The number of hydrogen-bond donors (Lipinski definition) is 1. The van der Waals surface area contributed by atoms with E-state index in [4.69, 9.17) is 0 Å². The number of benzene rings is 1. The number of nitrogens with zero attached hydrogens (tertiary/aromatic N) is 1. The Hall–Kier alpha value is -1.33. The molecule has 5 heteroatoms. The molecule has 0 saturated heterocycles. The first-order valence-electron chi connectivity index (χ1n) is 5.09. The molecule has 2 aromatic rings. The van der Waals surface area contributed by atoms with E-state index in [1.54, 1.807) is 13.8 Å². The largest absolute Gasteiger partial charge is 0.388 e. The van der Waals surface area contributed by atoms with Crippen LogP contribution in [-0.4, -0.2) is 10.1 Å². The number of hydrogen-bond acceptors (Lipinski definition) is 3. The van der Waals surface area contributed by atoms with Crippen LogP contribution < -0.4 is 0 Å². The standard InChI is InChI=1S/C12H11F2NOS/c1-6-11(7(2)16)17-12(15-6)8-3-9(13)5-10(14)4-8/h3-5,7,16H,1-2H3. The van der Waals surface area contributed by atoms with E-state index >= 15 is 0 Å². The highest BCUT2D eigenvalue weighted by Gasteiger charge is 2.14. The molecule has 0 spiro atoms. The molecule has 0 aliphatic rings. The zero-order valence-corrected chi connectivity index (χ0v) is 10.2. The van der Waals surface area contributed by atoms with Gasteiger partial charge in [-0.25, -0.2) is 13.8 Å². The second kappa shape index (κ2) is 4.50. The van der Waals surface area contributed by atoms with Crippen molar-refractivity contribution in [3.05, 3.63) is 40.4 Å². The van der Waals surface area contributed by atoms with Gasteiger partial charge in [0.05, 0.1) is 16.7 Å². The van der Waals surface area contributed by atoms with Gasteiger partial charge in [-0.15, -0.1) is 11.3 Å². The van der Waals surface area contributed by atoms with Crippen molar-refractivity contribution in [3.63, 3.8) is 0 Å². The van der Waals surface area contributed by atoms with Gasteiger partial charge in [-0.05, 0) is 26.0 Å². The van der Waals surface area contributed by atoms with E-state index in [-0.39, 0.29) is 0 Å². The summed E-state index contributed by atoms with van der Waals surface area (Å²) < 4.78 is 26.1. The highest BCUT2D eigenvalue weighted by Crippen LogP contribution is 2.32. The fourth-order valence-electron chi connectivity index (χ4n) is 1.60. The smallest absolute Gasteiger partial charge is 0.126 e. The number of thiazole rings is 1. The average molecular weight is 255 g/mol. The van der Waals surface area contributed by atoms with E-state index in [9.17, 15) is 13.9 Å². The van der Waals surface area contributed by atoms with Gasteiger partial charge in [0, 0.05) is 11.6 Å². The summed E-state index contributed by atoms with van der Waals surface area (Å²) in [4.78, 5) is 4.92. The Bertz CT molecular complexity index is 531. The van der Waals surface area contributed by atoms with Gasteiger partial charge in [-0.1, -0.05) is 0 Å². The summed E-state index contributed by atoms with van der Waals surface area (Å²) in [6, 6.07) is 3.28. The highest BCUT2D eigenvalue weighted by molar-refractivity contribution is 7.15. The number of rotatable bonds is 2. The van der Waals surface area contributed by atoms with Crippen LogP contribution in [0.3, 0.4) is 0 Å². The summed E-state index contributed by atoms with van der Waals surface area (Å²) >= 11 is 1.24. The third-order valence-electron chi connectivity index (χ3n) is 2.32. The molecule has 2 nitrogen and oxygen atoms in total. The Labute approximate surface area is 102 Å². The lowest BCUT2D eigenvalue weighted by Gasteiger charge is -1.99. The van der Waals surface area contributed by atoms with E-state index in [1.807, 2.05) is 0 Å². The average Bonchev–Trinajstić information content (AvgIpc) is 2.59. The van der Waals surface area contributed by atoms with Crippen LogP contribution in [0.1, 0.15) is 23.6 Å². The molecule has 1 unspecified atom stereocenters. The van der Waals surface area contributed by atoms with Crippen molar-refractivity contribution in [1.29, 1.82) is 0 Å². The molecule has 1 N–H and O–H groups in total. The quantitative estimate of drug-likeness (QED) is 0.891. The van der Waals surface area contributed by atoms with Crippen molar-refractivity contribution < 1.29 is 13.9 Å². The lowest BCUT2D eigenvalue weighted by atomic mass is 10.2. The first-order chi connectivity index (χ1) is 7.97. The molecule has 0 aliphatic carbocycles. The molecule has 1 atom stereocenters. The van der Waals surface area contributed by atoms with Crippen LogP contribution >= 0.6 is 11.3 Å². The third kappa shape index (κ3) is 2.50. The first-order valence-corrected chi connectivity index (χ1v) is 5.91. The topological polar surface area (TPSA) is 33.1 Å². The Morgan fingerprint density at radius 3 is 2.29 bits per heavy atom. The second-order valence-electron chi connectivity index (χ2n) is 3.80. The van der Waals surface area contributed by atoms with Gasteiger partial charge in [0.15, 0.2) is 0 Å². The summed E-state index contributed by atoms with van der Waals surface area (Å²) in [6.07, 6.45) is -0.625. The Morgan fingerprint density at radius 2 is 1.82 bits per heavy atom. The van der Waals surface area contributed by atoms with Crippen LogP contribution in [0.25, 0.3) is 10.6 Å². The molecule has 0 aliphatic heterocycles. The SMILES string of the molecule is Cc1nc(-c2cc(F)cc(F)c2)sc1C(C)O. The predicted molar refractivity (Wildman–Crippen MR) is 62.8 cm³/mol. The Morgan fingerprint density at radius 1 is 1.24 bits per heavy atom. The van der Waals surface area contributed by atoms with Crippen LogP contribution in [0.2, 0.25) is 0 Å². The molecule has 0 bridgehead atoms. The number of aliphatic hydroxyl groups excluding tert-OH is 1. The molecular formula is C12H11F2NOS. The maximum Gasteiger partial charge on any atom is 0.126 e. The van der Waals surface area contributed by atoms with Gasteiger partial charge in [-0.2, -0.15) is 0 Å². The highest BCUT2D eigenvalue weighted by atomic mass is 32.1. The summed E-state index contributed by atoms with van der Waals surface area (Å²) in [5.74, 6) is -1.27. The van der Waals surface area contributed by atoms with E-state index in [0.717, 1.165) is 6.07 Å². The lowest BCUT2D eigenvalue weighted by Crippen LogP contribution is -1.88. The molecule has 1 heterocycles. The minimum atomic E-state index is -0.633. The van der Waals surface area contributed by atoms with Crippen LogP contribution in [0.5, 0.6) is 0 Å². The van der Waals surface area contributed by atoms with Crippen molar-refractivity contribution >= 4 is 11.3 Å². The lowest BCUT2D eigenvalue weighted by molar-refractivity contribution is 0.202. The number of aliphatic hydroxyl groups is 1. The number of halogens is 2. The summed E-state index contributed by atoms with van der Waals surface area (Å²) in [5, 5.41) is 10.0. The van der Waals surface area contributed by atoms with E-state index in [2.05, 4.69) is 4.98 Å². The second-order valence-corrected chi connectivity index (χ2v) is 4.83. The molecule has 1 aromatic heterocycles. The minimum Gasteiger partial charge on any atom is -0.388 e. The molecule has 0 saturated carbocycles. The van der Waals surface area contributed by atoms with Gasteiger partial charge >= 0.3 is 0 Å². The number of aryl methyl sites for hydroxylation is 1. The molecule has 0 radical (unpaired) electrons. The third-order valence-corrected chi connectivity index (χ3v) is 3.70. The fourth-order valence-corrected chi connectivity index (χ4v) is 2.59. The van der Waals surface area contributed by atoms with Crippen LogP contribution in [-0.2, 0) is 0 Å². The fraction of sp³-hybridized carbons (Fsp3) is 0.250. The maximum absolute atomic E-state index is 13.1. The van der Waals surface area contributed by atoms with Crippen molar-refractivity contribution in [2.45, 2.75) is 20.0 Å². The maximum atomic E-state index is 13.1. The first kappa shape index (κ1) is 12.1. The van der Waals surface area contributed by atoms with Gasteiger partial charge in [-0.3, -0.25) is 0 Å². The summed E-state index contributed by atoms with van der Waals surface area (Å²) in [5.41, 5.74) is 1.08. The monoisotopic (exact) mass is 255 g/mol.